The number of quaternary nitrogens is 1. The number of halogens is 1. The monoisotopic (exact) mass is 387 g/mol. The van der Waals surface area contributed by atoms with E-state index in [-0.39, 0.29) is 4.70 Å². The molecule has 0 aliphatic heterocycles. The molecule has 0 aromatic rings. The molecule has 0 saturated heterocycles. The van der Waals surface area contributed by atoms with Crippen molar-refractivity contribution in [3.63, 3.8) is 0 Å². The van der Waals surface area contributed by atoms with Crippen molar-refractivity contribution in [1.29, 1.82) is 0 Å². The summed E-state index contributed by atoms with van der Waals surface area (Å²) >= 11 is 0. The standard InChI is InChI=1S/C25H54N.FH/c1-5-6-7-8-9-10-11-12-13-14-15-16-17-18-19-20-21-22-23-24-25-26(2,3)4;/h5-25H2,1-4H3;1H/q+1;/p-1. The van der Waals surface area contributed by atoms with Gasteiger partial charge < -0.3 is 9.19 Å². The van der Waals surface area contributed by atoms with Crippen LogP contribution in [0.25, 0.3) is 0 Å². The first-order valence-corrected chi connectivity index (χ1v) is 12.4. The van der Waals surface area contributed by atoms with Crippen LogP contribution in [0.3, 0.4) is 0 Å². The number of hydrogen-bond acceptors (Lipinski definition) is 0. The van der Waals surface area contributed by atoms with E-state index in [4.69, 9.17) is 0 Å². The summed E-state index contributed by atoms with van der Waals surface area (Å²) in [6, 6.07) is 0. The molecule has 0 rings (SSSR count). The Balaban J connectivity index is 0. The number of rotatable bonds is 21. The van der Waals surface area contributed by atoms with E-state index in [0.29, 0.717) is 0 Å². The van der Waals surface area contributed by atoms with Crippen molar-refractivity contribution >= 4 is 0 Å². The third-order valence-corrected chi connectivity index (χ3v) is 5.68. The van der Waals surface area contributed by atoms with Crippen molar-refractivity contribution in [2.75, 3.05) is 27.7 Å². The van der Waals surface area contributed by atoms with Crippen LogP contribution < -0.4 is 4.70 Å². The second-order valence-electron chi connectivity index (χ2n) is 9.73. The minimum atomic E-state index is 0. The van der Waals surface area contributed by atoms with Crippen LogP contribution in [0.15, 0.2) is 0 Å². The molecule has 0 heterocycles. The van der Waals surface area contributed by atoms with Crippen LogP contribution in [0.5, 0.6) is 0 Å². The average Bonchev–Trinajstić information content (AvgIpc) is 2.59. The third-order valence-electron chi connectivity index (χ3n) is 5.68. The molecule has 0 fully saturated rings. The molecular formula is C25H54FN. The minimum Gasteiger partial charge on any atom is -1.00 e. The fourth-order valence-corrected chi connectivity index (χ4v) is 3.84. The van der Waals surface area contributed by atoms with Gasteiger partial charge in [0.25, 0.3) is 0 Å². The van der Waals surface area contributed by atoms with E-state index < -0.39 is 0 Å². The van der Waals surface area contributed by atoms with Gasteiger partial charge in [-0.1, -0.05) is 122 Å². The van der Waals surface area contributed by atoms with E-state index >= 15 is 0 Å². The first-order valence-electron chi connectivity index (χ1n) is 12.4. The van der Waals surface area contributed by atoms with E-state index in [9.17, 15) is 0 Å². The quantitative estimate of drug-likeness (QED) is 0.180. The van der Waals surface area contributed by atoms with Gasteiger partial charge in [0.2, 0.25) is 0 Å². The van der Waals surface area contributed by atoms with Crippen molar-refractivity contribution < 1.29 is 9.19 Å². The molecule has 0 amide bonds. The highest BCUT2D eigenvalue weighted by Gasteiger charge is 2.04. The van der Waals surface area contributed by atoms with Crippen molar-refractivity contribution in [3.8, 4) is 0 Å². The van der Waals surface area contributed by atoms with E-state index in [1.165, 1.54) is 135 Å². The molecular weight excluding hydrogens is 333 g/mol. The lowest BCUT2D eigenvalue weighted by Crippen LogP contribution is -3.00. The van der Waals surface area contributed by atoms with Crippen molar-refractivity contribution in [2.24, 2.45) is 0 Å². The van der Waals surface area contributed by atoms with Gasteiger partial charge >= 0.3 is 0 Å². The lowest BCUT2D eigenvalue weighted by molar-refractivity contribution is -0.870. The Labute approximate surface area is 172 Å². The fourth-order valence-electron chi connectivity index (χ4n) is 3.84. The zero-order valence-electron chi connectivity index (χ0n) is 19.7. The molecule has 0 aromatic heterocycles. The van der Waals surface area contributed by atoms with Crippen molar-refractivity contribution in [1.82, 2.24) is 0 Å². The Bertz CT molecular complexity index is 260. The summed E-state index contributed by atoms with van der Waals surface area (Å²) in [5.74, 6) is 0. The maximum Gasteiger partial charge on any atom is 0.0780 e. The molecule has 1 nitrogen and oxygen atoms in total. The molecule has 0 aliphatic rings. The number of unbranched alkanes of at least 4 members (excludes halogenated alkanes) is 19. The first kappa shape index (κ1) is 29.1. The molecule has 27 heavy (non-hydrogen) atoms. The third kappa shape index (κ3) is 28.2. The predicted octanol–water partition coefficient (Wildman–Crippen LogP) is 5.52. The van der Waals surface area contributed by atoms with Crippen molar-refractivity contribution in [2.45, 2.75) is 135 Å². The molecule has 0 spiro atoms. The Morgan fingerprint density at radius 2 is 0.593 bits per heavy atom. The molecule has 0 saturated carbocycles. The number of nitrogens with zero attached hydrogens (tertiary/aromatic N) is 1. The second-order valence-corrected chi connectivity index (χ2v) is 9.73. The van der Waals surface area contributed by atoms with Crippen LogP contribution in [-0.2, 0) is 0 Å². The zero-order chi connectivity index (χ0) is 19.3. The summed E-state index contributed by atoms with van der Waals surface area (Å²) in [5.41, 5.74) is 0. The van der Waals surface area contributed by atoms with Gasteiger partial charge in [-0.15, -0.1) is 0 Å². The molecule has 0 unspecified atom stereocenters. The van der Waals surface area contributed by atoms with Crippen LogP contribution >= 0.6 is 0 Å². The molecule has 0 aliphatic carbocycles. The van der Waals surface area contributed by atoms with Crippen LogP contribution in [0.1, 0.15) is 135 Å². The molecule has 0 atom stereocenters. The summed E-state index contributed by atoms with van der Waals surface area (Å²) < 4.78 is 1.12. The molecule has 0 radical (unpaired) electrons. The van der Waals surface area contributed by atoms with Gasteiger partial charge in [-0.05, 0) is 12.8 Å². The lowest BCUT2D eigenvalue weighted by Gasteiger charge is -2.23. The summed E-state index contributed by atoms with van der Waals surface area (Å²) in [6.07, 6.45) is 29.3. The fraction of sp³-hybridized carbons (Fsp3) is 1.00. The van der Waals surface area contributed by atoms with E-state index in [2.05, 4.69) is 28.1 Å². The van der Waals surface area contributed by atoms with Gasteiger partial charge in [0.05, 0.1) is 27.7 Å². The normalized spacial score (nSPS) is 11.6. The highest BCUT2D eigenvalue weighted by atomic mass is 19.0. The molecule has 0 aromatic carbocycles. The highest BCUT2D eigenvalue weighted by Crippen LogP contribution is 2.14. The molecule has 0 N–H and O–H groups in total. The predicted molar refractivity (Wildman–Crippen MR) is 121 cm³/mol. The maximum absolute atomic E-state index is 2.30. The summed E-state index contributed by atoms with van der Waals surface area (Å²) in [7, 11) is 6.90. The SMILES string of the molecule is CCCCCCCCCCCCCCCCCCCCCC[N+](C)(C)C.[F-]. The van der Waals surface area contributed by atoms with E-state index in [1.807, 2.05) is 0 Å². The van der Waals surface area contributed by atoms with Gasteiger partial charge in [-0.25, -0.2) is 0 Å². The first-order chi connectivity index (χ1) is 12.6. The summed E-state index contributed by atoms with van der Waals surface area (Å²) in [6.45, 7) is 3.63. The molecule has 0 bridgehead atoms. The van der Waals surface area contributed by atoms with E-state index in [1.54, 1.807) is 0 Å². The van der Waals surface area contributed by atoms with Gasteiger partial charge in [-0.2, -0.15) is 0 Å². The highest BCUT2D eigenvalue weighted by molar-refractivity contribution is 4.50. The Morgan fingerprint density at radius 1 is 0.370 bits per heavy atom. The van der Waals surface area contributed by atoms with Crippen LogP contribution in [0, 0.1) is 0 Å². The topological polar surface area (TPSA) is 0 Å². The minimum absolute atomic E-state index is 0. The van der Waals surface area contributed by atoms with Gasteiger partial charge in [0.1, 0.15) is 0 Å². The van der Waals surface area contributed by atoms with Gasteiger partial charge in [0, 0.05) is 0 Å². The van der Waals surface area contributed by atoms with E-state index in [0.717, 1.165) is 4.48 Å². The van der Waals surface area contributed by atoms with Crippen LogP contribution in [0.2, 0.25) is 0 Å². The average molecular weight is 388 g/mol. The van der Waals surface area contributed by atoms with Crippen molar-refractivity contribution in [3.05, 3.63) is 0 Å². The van der Waals surface area contributed by atoms with Gasteiger partial charge in [0.15, 0.2) is 0 Å². The Kier molecular flexibility index (Phi) is 23.9. The molecule has 2 heteroatoms. The van der Waals surface area contributed by atoms with Crippen LogP contribution in [-0.4, -0.2) is 32.2 Å². The second kappa shape index (κ2) is 22.2. The largest absolute Gasteiger partial charge is 1.00 e. The summed E-state index contributed by atoms with van der Waals surface area (Å²) in [4.78, 5) is 0. The van der Waals surface area contributed by atoms with Crippen LogP contribution in [0.4, 0.5) is 0 Å². The zero-order valence-corrected chi connectivity index (χ0v) is 19.7. The number of hydrogen-bond donors (Lipinski definition) is 0. The lowest BCUT2D eigenvalue weighted by atomic mass is 10.0. The maximum atomic E-state index is 2.30. The smallest absolute Gasteiger partial charge is 0.0780 e. The van der Waals surface area contributed by atoms with Gasteiger partial charge in [-0.3, -0.25) is 0 Å². The summed E-state index contributed by atoms with van der Waals surface area (Å²) in [5, 5.41) is 0. The Morgan fingerprint density at radius 3 is 0.815 bits per heavy atom. The molecule has 166 valence electrons. The Hall–Kier alpha value is -0.110.